The van der Waals surface area contributed by atoms with Crippen LogP contribution in [0.4, 0.5) is 0 Å². The molecule has 0 spiro atoms. The highest BCUT2D eigenvalue weighted by Gasteiger charge is 2.09. The molecule has 1 rings (SSSR count). The zero-order chi connectivity index (χ0) is 13.4. The van der Waals surface area contributed by atoms with E-state index in [1.165, 1.54) is 12.8 Å². The smallest absolute Gasteiger partial charge is 0.123 e. The molecule has 0 heterocycles. The van der Waals surface area contributed by atoms with Crippen LogP contribution in [-0.2, 0) is 6.54 Å². The normalized spacial score (nSPS) is 10.4. The van der Waals surface area contributed by atoms with Gasteiger partial charge in [0, 0.05) is 12.1 Å². The Kier molecular flexibility index (Phi) is 6.24. The van der Waals surface area contributed by atoms with Crippen molar-refractivity contribution in [2.75, 3.05) is 20.2 Å². The van der Waals surface area contributed by atoms with E-state index in [1.54, 1.807) is 13.2 Å². The van der Waals surface area contributed by atoms with Gasteiger partial charge in [-0.25, -0.2) is 0 Å². The Balaban J connectivity index is 2.83. The van der Waals surface area contributed by atoms with Gasteiger partial charge in [-0.2, -0.15) is 5.26 Å². The fourth-order valence-electron chi connectivity index (χ4n) is 1.94. The molecule has 1 aromatic rings. The molecular formula is C15H22N2O. The predicted molar refractivity (Wildman–Crippen MR) is 73.6 cm³/mol. The Hall–Kier alpha value is -1.53. The van der Waals surface area contributed by atoms with E-state index in [4.69, 9.17) is 10.00 Å². The molecular weight excluding hydrogens is 224 g/mol. The molecule has 0 bridgehead atoms. The number of unbranched alkanes of at least 4 members (excludes halogenated alkanes) is 1. The second-order valence-electron chi connectivity index (χ2n) is 4.36. The van der Waals surface area contributed by atoms with Crippen LogP contribution >= 0.6 is 0 Å². The Morgan fingerprint density at radius 2 is 2.11 bits per heavy atom. The molecule has 0 fully saturated rings. The molecule has 0 aromatic heterocycles. The minimum atomic E-state index is 0.692. The molecule has 0 N–H and O–H groups in total. The molecule has 0 unspecified atom stereocenters. The van der Waals surface area contributed by atoms with Gasteiger partial charge in [-0.3, -0.25) is 4.90 Å². The van der Waals surface area contributed by atoms with E-state index < -0.39 is 0 Å². The Labute approximate surface area is 110 Å². The fourth-order valence-corrected chi connectivity index (χ4v) is 1.94. The number of benzene rings is 1. The van der Waals surface area contributed by atoms with Crippen molar-refractivity contribution < 1.29 is 4.74 Å². The Morgan fingerprint density at radius 3 is 2.67 bits per heavy atom. The quantitative estimate of drug-likeness (QED) is 0.741. The number of rotatable bonds is 7. The standard InChI is InChI=1S/C15H22N2O/c1-4-6-9-17(5-2)12-14-10-13(11-16)7-8-15(14)18-3/h7-8,10H,4-6,9,12H2,1-3H3. The first kappa shape index (κ1) is 14.5. The third-order valence-corrected chi connectivity index (χ3v) is 3.08. The summed E-state index contributed by atoms with van der Waals surface area (Å²) in [5.41, 5.74) is 1.78. The van der Waals surface area contributed by atoms with E-state index in [-0.39, 0.29) is 0 Å². The summed E-state index contributed by atoms with van der Waals surface area (Å²) < 4.78 is 5.36. The Bertz CT molecular complexity index is 409. The largest absolute Gasteiger partial charge is 0.496 e. The van der Waals surface area contributed by atoms with Crippen molar-refractivity contribution in [3.05, 3.63) is 29.3 Å². The second kappa shape index (κ2) is 7.73. The molecule has 3 heteroatoms. The first-order valence-corrected chi connectivity index (χ1v) is 6.54. The van der Waals surface area contributed by atoms with Gasteiger partial charge in [0.15, 0.2) is 0 Å². The summed E-state index contributed by atoms with van der Waals surface area (Å²) >= 11 is 0. The maximum atomic E-state index is 8.95. The van der Waals surface area contributed by atoms with E-state index in [2.05, 4.69) is 24.8 Å². The van der Waals surface area contributed by atoms with Crippen LogP contribution in [-0.4, -0.2) is 25.1 Å². The van der Waals surface area contributed by atoms with Crippen molar-refractivity contribution in [2.24, 2.45) is 0 Å². The lowest BCUT2D eigenvalue weighted by Crippen LogP contribution is -2.24. The number of nitriles is 1. The highest BCUT2D eigenvalue weighted by atomic mass is 16.5. The highest BCUT2D eigenvalue weighted by Crippen LogP contribution is 2.21. The lowest BCUT2D eigenvalue weighted by molar-refractivity contribution is 0.270. The van der Waals surface area contributed by atoms with E-state index in [9.17, 15) is 0 Å². The van der Waals surface area contributed by atoms with Crippen molar-refractivity contribution in [1.82, 2.24) is 4.90 Å². The van der Waals surface area contributed by atoms with Gasteiger partial charge in [0.2, 0.25) is 0 Å². The van der Waals surface area contributed by atoms with Crippen molar-refractivity contribution in [3.63, 3.8) is 0 Å². The lowest BCUT2D eigenvalue weighted by Gasteiger charge is -2.21. The van der Waals surface area contributed by atoms with Crippen LogP contribution in [0, 0.1) is 11.3 Å². The number of hydrogen-bond acceptors (Lipinski definition) is 3. The van der Waals surface area contributed by atoms with Gasteiger partial charge in [0.25, 0.3) is 0 Å². The van der Waals surface area contributed by atoms with Gasteiger partial charge in [-0.15, -0.1) is 0 Å². The van der Waals surface area contributed by atoms with Crippen molar-refractivity contribution >= 4 is 0 Å². The molecule has 0 saturated heterocycles. The van der Waals surface area contributed by atoms with Crippen LogP contribution < -0.4 is 4.74 Å². The first-order chi connectivity index (χ1) is 8.74. The SMILES string of the molecule is CCCCN(CC)Cc1cc(C#N)ccc1OC. The summed E-state index contributed by atoms with van der Waals surface area (Å²) in [4.78, 5) is 2.38. The van der Waals surface area contributed by atoms with Crippen LogP contribution in [0.3, 0.4) is 0 Å². The van der Waals surface area contributed by atoms with Crippen LogP contribution in [0.2, 0.25) is 0 Å². The Morgan fingerprint density at radius 1 is 1.33 bits per heavy atom. The van der Waals surface area contributed by atoms with Crippen LogP contribution in [0.1, 0.15) is 37.8 Å². The molecule has 0 aliphatic carbocycles. The molecule has 0 aliphatic rings. The molecule has 0 amide bonds. The number of ether oxygens (including phenoxy) is 1. The van der Waals surface area contributed by atoms with Crippen molar-refractivity contribution in [1.29, 1.82) is 5.26 Å². The monoisotopic (exact) mass is 246 g/mol. The average Bonchev–Trinajstić information content (AvgIpc) is 2.43. The minimum absolute atomic E-state index is 0.692. The third-order valence-electron chi connectivity index (χ3n) is 3.08. The second-order valence-corrected chi connectivity index (χ2v) is 4.36. The van der Waals surface area contributed by atoms with Crippen LogP contribution in [0.25, 0.3) is 0 Å². The van der Waals surface area contributed by atoms with Crippen molar-refractivity contribution in [3.8, 4) is 11.8 Å². The van der Waals surface area contributed by atoms with Crippen LogP contribution in [0.5, 0.6) is 5.75 Å². The van der Waals surface area contributed by atoms with Crippen LogP contribution in [0.15, 0.2) is 18.2 Å². The molecule has 3 nitrogen and oxygen atoms in total. The molecule has 1 aromatic carbocycles. The molecule has 98 valence electrons. The molecule has 0 saturated carbocycles. The topological polar surface area (TPSA) is 36.3 Å². The van der Waals surface area contributed by atoms with E-state index in [1.807, 2.05) is 12.1 Å². The summed E-state index contributed by atoms with van der Waals surface area (Å²) in [5, 5.41) is 8.95. The highest BCUT2D eigenvalue weighted by molar-refractivity contribution is 5.42. The first-order valence-electron chi connectivity index (χ1n) is 6.54. The van der Waals surface area contributed by atoms with E-state index >= 15 is 0 Å². The summed E-state index contributed by atoms with van der Waals surface area (Å²) in [6.07, 6.45) is 2.40. The molecule has 0 radical (unpaired) electrons. The van der Waals surface area contributed by atoms with Gasteiger partial charge in [0.05, 0.1) is 18.7 Å². The maximum absolute atomic E-state index is 8.95. The third kappa shape index (κ3) is 4.05. The van der Waals surface area contributed by atoms with Gasteiger partial charge >= 0.3 is 0 Å². The molecule has 0 atom stereocenters. The number of nitrogens with zero attached hydrogens (tertiary/aromatic N) is 2. The zero-order valence-corrected chi connectivity index (χ0v) is 11.6. The summed E-state index contributed by atoms with van der Waals surface area (Å²) in [5.74, 6) is 0.865. The van der Waals surface area contributed by atoms with Gasteiger partial charge < -0.3 is 4.74 Å². The summed E-state index contributed by atoms with van der Waals surface area (Å²) in [6.45, 7) is 7.31. The molecule has 0 aliphatic heterocycles. The summed E-state index contributed by atoms with van der Waals surface area (Å²) in [6, 6.07) is 7.78. The maximum Gasteiger partial charge on any atom is 0.123 e. The van der Waals surface area contributed by atoms with E-state index in [0.29, 0.717) is 5.56 Å². The van der Waals surface area contributed by atoms with Gasteiger partial charge in [-0.05, 0) is 37.7 Å². The molecule has 18 heavy (non-hydrogen) atoms. The zero-order valence-electron chi connectivity index (χ0n) is 11.6. The fraction of sp³-hybridized carbons (Fsp3) is 0.533. The summed E-state index contributed by atoms with van der Waals surface area (Å²) in [7, 11) is 1.67. The van der Waals surface area contributed by atoms with Crippen molar-refractivity contribution in [2.45, 2.75) is 33.2 Å². The number of hydrogen-bond donors (Lipinski definition) is 0. The predicted octanol–water partition coefficient (Wildman–Crippen LogP) is 3.19. The van der Waals surface area contributed by atoms with E-state index in [0.717, 1.165) is 30.9 Å². The minimum Gasteiger partial charge on any atom is -0.496 e. The average molecular weight is 246 g/mol. The number of methoxy groups -OCH3 is 1. The van der Waals surface area contributed by atoms with Gasteiger partial charge in [0.1, 0.15) is 5.75 Å². The lowest BCUT2D eigenvalue weighted by atomic mass is 10.1. The van der Waals surface area contributed by atoms with Gasteiger partial charge in [-0.1, -0.05) is 20.3 Å².